The first-order valence-electron chi connectivity index (χ1n) is 13.4. The van der Waals surface area contributed by atoms with Crippen molar-refractivity contribution < 1.29 is 24.2 Å². The predicted octanol–water partition coefficient (Wildman–Crippen LogP) is 3.99. The summed E-state index contributed by atoms with van der Waals surface area (Å²) in [5, 5.41) is 17.9. The number of hydrogen-bond acceptors (Lipinski definition) is 5. The number of hydrogen-bond donors (Lipinski definition) is 3. The van der Waals surface area contributed by atoms with Gasteiger partial charge in [0.15, 0.2) is 0 Å². The number of ether oxygens (including phenoxy) is 1. The average molecular weight is 534 g/mol. The molecule has 9 heteroatoms. The average Bonchev–Trinajstić information content (AvgIpc) is 3.19. The van der Waals surface area contributed by atoms with E-state index in [0.29, 0.717) is 43.9 Å². The highest BCUT2D eigenvalue weighted by atomic mass is 35.5. The Bertz CT molecular complexity index is 1030. The maximum absolute atomic E-state index is 13.6. The highest BCUT2D eigenvalue weighted by Crippen LogP contribution is 2.46. The monoisotopic (exact) mass is 533 g/mol. The van der Waals surface area contributed by atoms with Gasteiger partial charge in [0.05, 0.1) is 5.60 Å². The summed E-state index contributed by atoms with van der Waals surface area (Å²) in [6, 6.07) is 6.59. The van der Waals surface area contributed by atoms with Gasteiger partial charge in [-0.15, -0.1) is 0 Å². The Morgan fingerprint density at radius 3 is 2.54 bits per heavy atom. The van der Waals surface area contributed by atoms with Crippen molar-refractivity contribution in [3.63, 3.8) is 0 Å². The molecule has 1 aromatic rings. The Balaban J connectivity index is 1.37. The van der Waals surface area contributed by atoms with E-state index < -0.39 is 22.7 Å². The summed E-state index contributed by atoms with van der Waals surface area (Å²) in [5.74, 6) is -0.234. The van der Waals surface area contributed by atoms with Gasteiger partial charge in [-0.05, 0) is 55.2 Å². The largest absolute Gasteiger partial charge is 0.443 e. The maximum Gasteiger partial charge on any atom is 0.407 e. The first kappa shape index (κ1) is 27.7. The quantitative estimate of drug-likeness (QED) is 0.512. The van der Waals surface area contributed by atoms with E-state index in [-0.39, 0.29) is 29.7 Å². The van der Waals surface area contributed by atoms with Crippen molar-refractivity contribution in [2.24, 2.45) is 17.3 Å². The first-order chi connectivity index (χ1) is 17.3. The second-order valence-electron chi connectivity index (χ2n) is 12.1. The number of halogens is 1. The minimum atomic E-state index is -1.10. The number of aliphatic hydroxyl groups is 1. The van der Waals surface area contributed by atoms with E-state index >= 15 is 0 Å². The molecule has 1 aliphatic carbocycles. The highest BCUT2D eigenvalue weighted by molar-refractivity contribution is 6.30. The molecule has 2 aliphatic heterocycles. The molecule has 37 heavy (non-hydrogen) atoms. The Labute approximate surface area is 224 Å². The minimum Gasteiger partial charge on any atom is -0.443 e. The van der Waals surface area contributed by atoms with Gasteiger partial charge in [-0.1, -0.05) is 51.4 Å². The fourth-order valence-electron chi connectivity index (χ4n) is 6.34. The molecule has 4 atom stereocenters. The van der Waals surface area contributed by atoms with Crippen LogP contribution in [0.3, 0.4) is 0 Å². The van der Waals surface area contributed by atoms with Crippen LogP contribution in [-0.4, -0.2) is 59.2 Å². The van der Waals surface area contributed by atoms with Gasteiger partial charge in [-0.25, -0.2) is 4.79 Å². The number of amides is 3. The van der Waals surface area contributed by atoms with Crippen molar-refractivity contribution in [2.45, 2.75) is 83.5 Å². The number of nitrogens with zero attached hydrogens (tertiary/aromatic N) is 1. The number of carbonyl (C=O) groups excluding carboxylic acids is 3. The molecule has 8 nitrogen and oxygen atoms in total. The molecule has 3 amide bonds. The zero-order chi connectivity index (χ0) is 27.0. The summed E-state index contributed by atoms with van der Waals surface area (Å²) in [6.07, 6.45) is 3.35. The van der Waals surface area contributed by atoms with E-state index in [1.54, 1.807) is 17.0 Å². The molecule has 0 aromatic heterocycles. The van der Waals surface area contributed by atoms with Crippen molar-refractivity contribution >= 4 is 29.5 Å². The third-order valence-corrected chi connectivity index (χ3v) is 8.89. The number of piperidine rings is 1. The van der Waals surface area contributed by atoms with Gasteiger partial charge < -0.3 is 25.4 Å². The van der Waals surface area contributed by atoms with E-state index in [9.17, 15) is 19.5 Å². The van der Waals surface area contributed by atoms with Gasteiger partial charge in [-0.2, -0.15) is 0 Å². The van der Waals surface area contributed by atoms with Crippen LogP contribution in [0.1, 0.15) is 71.8 Å². The summed E-state index contributed by atoms with van der Waals surface area (Å²) in [6.45, 7) is 9.16. The molecule has 2 heterocycles. The zero-order valence-electron chi connectivity index (χ0n) is 22.3. The van der Waals surface area contributed by atoms with Gasteiger partial charge in [0.2, 0.25) is 11.8 Å². The maximum atomic E-state index is 13.6. The lowest BCUT2D eigenvalue weighted by Gasteiger charge is -2.51. The molecule has 2 saturated heterocycles. The molecule has 3 fully saturated rings. The van der Waals surface area contributed by atoms with Gasteiger partial charge >= 0.3 is 6.09 Å². The van der Waals surface area contributed by atoms with E-state index in [1.807, 2.05) is 39.8 Å². The predicted molar refractivity (Wildman–Crippen MR) is 141 cm³/mol. The molecule has 204 valence electrons. The van der Waals surface area contributed by atoms with Crippen LogP contribution >= 0.6 is 11.6 Å². The summed E-state index contributed by atoms with van der Waals surface area (Å²) in [5.41, 5.74) is -1.37. The van der Waals surface area contributed by atoms with E-state index in [1.165, 1.54) is 0 Å². The number of likely N-dealkylation sites (tertiary alicyclic amines) is 1. The van der Waals surface area contributed by atoms with E-state index in [4.69, 9.17) is 16.3 Å². The second kappa shape index (κ2) is 10.4. The van der Waals surface area contributed by atoms with Crippen molar-refractivity contribution in [1.29, 1.82) is 0 Å². The molecule has 1 spiro atoms. The standard InChI is InChI=1S/C28H40ClN3O5/c1-18(2)23(31-22(33)15-19-9-10-27(16-19)11-13-30-25(35)37-27)24(34)32-14-12-28(36,26(3,4)17-32)20-5-7-21(29)8-6-20/h5-8,18-19,23,36H,9-17H2,1-4H3,(H,30,35)(H,31,33)/t19-,23+,27?,28-/m0/s1. The van der Waals surface area contributed by atoms with Gasteiger partial charge in [0.1, 0.15) is 11.6 Å². The number of rotatable bonds is 6. The van der Waals surface area contributed by atoms with Crippen LogP contribution in [-0.2, 0) is 19.9 Å². The van der Waals surface area contributed by atoms with Crippen molar-refractivity contribution in [1.82, 2.24) is 15.5 Å². The summed E-state index contributed by atoms with van der Waals surface area (Å²) >= 11 is 6.04. The van der Waals surface area contributed by atoms with Crippen LogP contribution in [0.4, 0.5) is 4.79 Å². The SMILES string of the molecule is CC(C)[C@@H](NC(=O)C[C@@H]1CCC2(CCNC(=O)O2)C1)C(=O)N1CC[C@](O)(c2ccc(Cl)cc2)C(C)(C)C1. The molecule has 1 aromatic carbocycles. The van der Waals surface area contributed by atoms with Crippen LogP contribution in [0.2, 0.25) is 5.02 Å². The lowest BCUT2D eigenvalue weighted by atomic mass is 9.66. The van der Waals surface area contributed by atoms with Crippen LogP contribution in [0.5, 0.6) is 0 Å². The van der Waals surface area contributed by atoms with Crippen molar-refractivity contribution in [3.05, 3.63) is 34.9 Å². The lowest BCUT2D eigenvalue weighted by molar-refractivity contribution is -0.156. The van der Waals surface area contributed by atoms with Gasteiger partial charge in [0.25, 0.3) is 0 Å². The fraction of sp³-hybridized carbons (Fsp3) is 0.679. The summed E-state index contributed by atoms with van der Waals surface area (Å²) in [7, 11) is 0. The minimum absolute atomic E-state index is 0.0862. The number of carbonyl (C=O) groups is 3. The molecular weight excluding hydrogens is 494 g/mol. The number of benzene rings is 1. The first-order valence-corrected chi connectivity index (χ1v) is 13.8. The van der Waals surface area contributed by atoms with Crippen LogP contribution < -0.4 is 10.6 Å². The summed E-state index contributed by atoms with van der Waals surface area (Å²) in [4.78, 5) is 40.1. The van der Waals surface area contributed by atoms with Crippen LogP contribution in [0.25, 0.3) is 0 Å². The molecule has 1 unspecified atom stereocenters. The third-order valence-electron chi connectivity index (χ3n) is 8.63. The Kier molecular flexibility index (Phi) is 7.82. The Morgan fingerprint density at radius 2 is 1.92 bits per heavy atom. The topological polar surface area (TPSA) is 108 Å². The van der Waals surface area contributed by atoms with Gasteiger partial charge in [0, 0.05) is 42.9 Å². The molecule has 3 aliphatic rings. The van der Waals surface area contributed by atoms with Crippen molar-refractivity contribution in [3.8, 4) is 0 Å². The normalized spacial score (nSPS) is 30.1. The zero-order valence-corrected chi connectivity index (χ0v) is 23.1. The Hall–Kier alpha value is -2.32. The molecule has 1 saturated carbocycles. The van der Waals surface area contributed by atoms with E-state index in [2.05, 4.69) is 10.6 Å². The molecule has 4 rings (SSSR count). The van der Waals surface area contributed by atoms with Crippen LogP contribution in [0.15, 0.2) is 24.3 Å². The molecular formula is C28H40ClN3O5. The summed E-state index contributed by atoms with van der Waals surface area (Å²) < 4.78 is 5.59. The number of nitrogens with one attached hydrogen (secondary N) is 2. The molecule has 0 radical (unpaired) electrons. The second-order valence-corrected chi connectivity index (χ2v) is 12.5. The smallest absolute Gasteiger partial charge is 0.407 e. The fourth-order valence-corrected chi connectivity index (χ4v) is 6.47. The highest BCUT2D eigenvalue weighted by Gasteiger charge is 2.50. The van der Waals surface area contributed by atoms with Crippen molar-refractivity contribution in [2.75, 3.05) is 19.6 Å². The van der Waals surface area contributed by atoms with E-state index in [0.717, 1.165) is 24.8 Å². The Morgan fingerprint density at radius 1 is 1.22 bits per heavy atom. The van der Waals surface area contributed by atoms with Crippen LogP contribution in [0, 0.1) is 17.3 Å². The molecule has 0 bridgehead atoms. The molecule has 3 N–H and O–H groups in total. The van der Waals surface area contributed by atoms with Gasteiger partial charge in [-0.3, -0.25) is 9.59 Å². The lowest BCUT2D eigenvalue weighted by Crippen LogP contribution is -2.60. The third kappa shape index (κ3) is 5.75. The number of alkyl carbamates (subject to hydrolysis) is 1.